The van der Waals surface area contributed by atoms with Gasteiger partial charge in [-0.3, -0.25) is 4.79 Å². The van der Waals surface area contributed by atoms with Crippen LogP contribution in [0.3, 0.4) is 0 Å². The molecule has 1 aromatic carbocycles. The zero-order valence-electron chi connectivity index (χ0n) is 12.9. The maximum Gasteiger partial charge on any atom is 0.166 e. The lowest BCUT2D eigenvalue weighted by Crippen LogP contribution is -2.16. The molecule has 0 aliphatic carbocycles. The predicted molar refractivity (Wildman–Crippen MR) is 83.8 cm³/mol. The molecular formula is C18H28O2. The van der Waals surface area contributed by atoms with Gasteiger partial charge in [-0.25, -0.2) is 0 Å². The van der Waals surface area contributed by atoms with Gasteiger partial charge in [0, 0.05) is 13.0 Å². The maximum absolute atomic E-state index is 12.3. The van der Waals surface area contributed by atoms with Crippen molar-refractivity contribution in [3.8, 4) is 0 Å². The van der Waals surface area contributed by atoms with Gasteiger partial charge in [0.25, 0.3) is 0 Å². The number of hydrogen-bond donors (Lipinski definition) is 0. The van der Waals surface area contributed by atoms with Gasteiger partial charge in [-0.2, -0.15) is 0 Å². The van der Waals surface area contributed by atoms with E-state index in [1.54, 1.807) is 0 Å². The molecule has 0 aliphatic heterocycles. The van der Waals surface area contributed by atoms with Crippen molar-refractivity contribution in [3.63, 3.8) is 0 Å². The molecule has 0 saturated carbocycles. The van der Waals surface area contributed by atoms with Crippen molar-refractivity contribution in [2.75, 3.05) is 6.61 Å². The summed E-state index contributed by atoms with van der Waals surface area (Å²) in [5, 5.41) is 0. The third-order valence-corrected chi connectivity index (χ3v) is 3.50. The molecule has 20 heavy (non-hydrogen) atoms. The van der Waals surface area contributed by atoms with E-state index in [4.69, 9.17) is 4.74 Å². The number of ketones is 1. The largest absolute Gasteiger partial charge is 0.366 e. The Morgan fingerprint density at radius 3 is 2.30 bits per heavy atom. The van der Waals surface area contributed by atoms with E-state index in [0.29, 0.717) is 13.0 Å². The monoisotopic (exact) mass is 276 g/mol. The molecule has 0 saturated heterocycles. The van der Waals surface area contributed by atoms with Crippen molar-refractivity contribution in [1.82, 2.24) is 0 Å². The topological polar surface area (TPSA) is 26.3 Å². The highest BCUT2D eigenvalue weighted by atomic mass is 16.5. The fourth-order valence-electron chi connectivity index (χ4n) is 2.38. The van der Waals surface area contributed by atoms with Crippen LogP contribution in [0, 0.1) is 0 Å². The third kappa shape index (κ3) is 6.33. The van der Waals surface area contributed by atoms with Gasteiger partial charge in [0.2, 0.25) is 0 Å². The van der Waals surface area contributed by atoms with Crippen molar-refractivity contribution in [2.24, 2.45) is 0 Å². The maximum atomic E-state index is 12.3. The number of rotatable bonds is 11. The molecule has 1 aromatic rings. The minimum absolute atomic E-state index is 0.216. The molecule has 0 N–H and O–H groups in total. The van der Waals surface area contributed by atoms with Crippen LogP contribution in [0.25, 0.3) is 0 Å². The minimum Gasteiger partial charge on any atom is -0.366 e. The fourth-order valence-corrected chi connectivity index (χ4v) is 2.38. The summed E-state index contributed by atoms with van der Waals surface area (Å²) in [4.78, 5) is 12.3. The molecule has 1 rings (SSSR count). The quantitative estimate of drug-likeness (QED) is 0.527. The van der Waals surface area contributed by atoms with Crippen molar-refractivity contribution in [1.29, 1.82) is 0 Å². The number of hydrogen-bond acceptors (Lipinski definition) is 2. The molecule has 2 heteroatoms. The fraction of sp³-hybridized carbons (Fsp3) is 0.611. The van der Waals surface area contributed by atoms with Crippen LogP contribution >= 0.6 is 0 Å². The van der Waals surface area contributed by atoms with Gasteiger partial charge in [-0.15, -0.1) is 0 Å². The van der Waals surface area contributed by atoms with Crippen LogP contribution in [0.1, 0.15) is 70.5 Å². The number of unbranched alkanes of at least 4 members (excludes halogenated alkanes) is 5. The van der Waals surface area contributed by atoms with E-state index in [-0.39, 0.29) is 11.9 Å². The number of carbonyl (C=O) groups excluding carboxylic acids is 1. The second kappa shape index (κ2) is 10.6. The minimum atomic E-state index is -0.378. The number of ether oxygens (including phenoxy) is 1. The molecule has 1 unspecified atom stereocenters. The van der Waals surface area contributed by atoms with E-state index in [0.717, 1.165) is 18.4 Å². The van der Waals surface area contributed by atoms with Crippen LogP contribution in [-0.4, -0.2) is 12.4 Å². The van der Waals surface area contributed by atoms with Gasteiger partial charge >= 0.3 is 0 Å². The normalized spacial score (nSPS) is 12.3. The van der Waals surface area contributed by atoms with E-state index in [9.17, 15) is 4.79 Å². The van der Waals surface area contributed by atoms with Crippen LogP contribution in [0.5, 0.6) is 0 Å². The first kappa shape index (κ1) is 16.9. The predicted octanol–water partition coefficient (Wildman–Crippen LogP) is 5.08. The zero-order valence-corrected chi connectivity index (χ0v) is 12.9. The zero-order chi connectivity index (χ0) is 14.6. The molecular weight excluding hydrogens is 248 g/mol. The molecule has 0 aromatic heterocycles. The lowest BCUT2D eigenvalue weighted by Gasteiger charge is -2.16. The molecule has 2 nitrogen and oxygen atoms in total. The van der Waals surface area contributed by atoms with Crippen molar-refractivity contribution in [3.05, 3.63) is 35.9 Å². The molecule has 0 radical (unpaired) electrons. The lowest BCUT2D eigenvalue weighted by atomic mass is 10.0. The summed E-state index contributed by atoms with van der Waals surface area (Å²) < 4.78 is 5.64. The lowest BCUT2D eigenvalue weighted by molar-refractivity contribution is -0.130. The Balaban J connectivity index is 2.37. The van der Waals surface area contributed by atoms with Gasteiger partial charge < -0.3 is 4.74 Å². The highest BCUT2D eigenvalue weighted by Gasteiger charge is 2.19. The smallest absolute Gasteiger partial charge is 0.166 e. The van der Waals surface area contributed by atoms with Gasteiger partial charge in [-0.05, 0) is 18.9 Å². The van der Waals surface area contributed by atoms with Crippen molar-refractivity contribution >= 4 is 5.78 Å². The Bertz CT molecular complexity index is 359. The van der Waals surface area contributed by atoms with Crippen LogP contribution in [0.15, 0.2) is 30.3 Å². The summed E-state index contributed by atoms with van der Waals surface area (Å²) in [7, 11) is 0. The molecule has 0 amide bonds. The Labute approximate surface area is 123 Å². The Morgan fingerprint density at radius 2 is 1.65 bits per heavy atom. The average Bonchev–Trinajstić information content (AvgIpc) is 2.49. The van der Waals surface area contributed by atoms with E-state index >= 15 is 0 Å². The van der Waals surface area contributed by atoms with Crippen LogP contribution in [0.4, 0.5) is 0 Å². The summed E-state index contributed by atoms with van der Waals surface area (Å²) in [6.45, 7) is 4.73. The first-order valence-electron chi connectivity index (χ1n) is 7.98. The van der Waals surface area contributed by atoms with Gasteiger partial charge in [-0.1, -0.05) is 69.4 Å². The van der Waals surface area contributed by atoms with Gasteiger partial charge in [0.05, 0.1) is 0 Å². The second-order valence-electron chi connectivity index (χ2n) is 5.23. The van der Waals surface area contributed by atoms with Crippen molar-refractivity contribution in [2.45, 2.75) is 64.9 Å². The molecule has 112 valence electrons. The molecule has 0 fully saturated rings. The summed E-state index contributed by atoms with van der Waals surface area (Å²) >= 11 is 0. The summed E-state index contributed by atoms with van der Waals surface area (Å²) in [6.07, 6.45) is 7.49. The van der Waals surface area contributed by atoms with Gasteiger partial charge in [0.15, 0.2) is 5.78 Å². The van der Waals surface area contributed by atoms with E-state index in [2.05, 4.69) is 6.92 Å². The first-order chi connectivity index (χ1) is 9.79. The molecule has 0 aliphatic rings. The highest BCUT2D eigenvalue weighted by Crippen LogP contribution is 2.21. The molecule has 1 atom stereocenters. The van der Waals surface area contributed by atoms with Crippen LogP contribution < -0.4 is 0 Å². The Morgan fingerprint density at radius 1 is 1.00 bits per heavy atom. The first-order valence-corrected chi connectivity index (χ1v) is 7.98. The van der Waals surface area contributed by atoms with Crippen molar-refractivity contribution < 1.29 is 9.53 Å². The summed E-state index contributed by atoms with van der Waals surface area (Å²) in [5.74, 6) is 0.216. The van der Waals surface area contributed by atoms with Crippen LogP contribution in [-0.2, 0) is 9.53 Å². The summed E-state index contributed by atoms with van der Waals surface area (Å²) in [6, 6.07) is 9.82. The molecule has 0 bridgehead atoms. The summed E-state index contributed by atoms with van der Waals surface area (Å²) in [5.41, 5.74) is 0.977. The van der Waals surface area contributed by atoms with Crippen LogP contribution in [0.2, 0.25) is 0 Å². The molecule has 0 heterocycles. The Hall–Kier alpha value is -1.15. The average molecular weight is 276 g/mol. The van der Waals surface area contributed by atoms with Gasteiger partial charge in [0.1, 0.15) is 6.10 Å². The van der Waals surface area contributed by atoms with E-state index < -0.39 is 0 Å². The molecule has 0 spiro atoms. The highest BCUT2D eigenvalue weighted by molar-refractivity contribution is 5.84. The Kier molecular flexibility index (Phi) is 8.97. The number of carbonyl (C=O) groups is 1. The number of Topliss-reactive ketones (excluding diaryl/α,β-unsaturated/α-hetero) is 1. The standard InChI is InChI=1S/C18H28O2/c1-3-5-6-7-8-12-15-17(19)18(20-4-2)16-13-10-9-11-14-16/h9-11,13-14,18H,3-8,12,15H2,1-2H3. The SMILES string of the molecule is CCCCCCCCC(=O)C(OCC)c1ccccc1. The third-order valence-electron chi connectivity index (χ3n) is 3.50. The second-order valence-corrected chi connectivity index (χ2v) is 5.23. The number of benzene rings is 1. The van der Waals surface area contributed by atoms with E-state index in [1.165, 1.54) is 25.7 Å². The van der Waals surface area contributed by atoms with E-state index in [1.807, 2.05) is 37.3 Å².